The summed E-state index contributed by atoms with van der Waals surface area (Å²) in [7, 11) is 0. The summed E-state index contributed by atoms with van der Waals surface area (Å²) in [5.41, 5.74) is 23.7. The largest absolute Gasteiger partial charge is 0.310 e. The minimum atomic E-state index is -0.946. The van der Waals surface area contributed by atoms with Crippen molar-refractivity contribution in [3.63, 3.8) is 0 Å². The molecule has 0 unspecified atom stereocenters. The van der Waals surface area contributed by atoms with Gasteiger partial charge in [-0.15, -0.1) is 0 Å². The SMILES string of the molecule is [C-]#[N+]c1ccc2c(c1)C1(c3cc(C#N)ccc3-2)c2cc(N(c3ccccc3)c3ccc(-c4ccccc4)cc3-c3ccccc3)ccc2-c2ccc(N(c3ccccc3)c3ccc(-c4ccccc4)cc3-c3ccccc3)cc21. The minimum Gasteiger partial charge on any atom is -0.310 e. The molecule has 0 amide bonds. The highest BCUT2D eigenvalue weighted by molar-refractivity contribution is 6.00. The normalized spacial score (nSPS) is 12.1. The van der Waals surface area contributed by atoms with Crippen molar-refractivity contribution in [1.29, 1.82) is 5.26 Å². The van der Waals surface area contributed by atoms with E-state index >= 15 is 0 Å². The van der Waals surface area contributed by atoms with Crippen molar-refractivity contribution in [2.45, 2.75) is 5.41 Å². The molecule has 0 aliphatic heterocycles. The summed E-state index contributed by atoms with van der Waals surface area (Å²) in [4.78, 5) is 8.85. The van der Waals surface area contributed by atoms with Gasteiger partial charge < -0.3 is 9.80 Å². The zero-order chi connectivity index (χ0) is 52.9. The molecule has 14 rings (SSSR count). The number of rotatable bonds is 10. The highest BCUT2D eigenvalue weighted by Crippen LogP contribution is 2.65. The second-order valence-electron chi connectivity index (χ2n) is 20.2. The molecule has 0 aromatic heterocycles. The van der Waals surface area contributed by atoms with E-state index < -0.39 is 5.41 Å². The van der Waals surface area contributed by atoms with Crippen molar-refractivity contribution in [3.05, 3.63) is 330 Å². The molecular formula is C75H48N4. The third-order valence-electron chi connectivity index (χ3n) is 15.9. The van der Waals surface area contributed by atoms with Crippen LogP contribution >= 0.6 is 0 Å². The highest BCUT2D eigenvalue weighted by atomic mass is 15.2. The minimum absolute atomic E-state index is 0.558. The van der Waals surface area contributed by atoms with E-state index in [1.807, 2.05) is 12.1 Å². The molecule has 12 aromatic carbocycles. The van der Waals surface area contributed by atoms with Crippen LogP contribution in [0.15, 0.2) is 291 Å². The van der Waals surface area contributed by atoms with E-state index in [1.165, 1.54) is 0 Å². The maximum Gasteiger partial charge on any atom is 0.187 e. The predicted molar refractivity (Wildman–Crippen MR) is 325 cm³/mol. The fourth-order valence-electron chi connectivity index (χ4n) is 12.4. The lowest BCUT2D eigenvalue weighted by molar-refractivity contribution is 0.793. The van der Waals surface area contributed by atoms with Crippen LogP contribution in [0.4, 0.5) is 39.8 Å². The number of benzene rings is 12. The van der Waals surface area contributed by atoms with Crippen molar-refractivity contribution in [2.75, 3.05) is 9.80 Å². The highest BCUT2D eigenvalue weighted by Gasteiger charge is 2.52. The van der Waals surface area contributed by atoms with Gasteiger partial charge in [0.25, 0.3) is 0 Å². The number of nitrogens with zero attached hydrogens (tertiary/aromatic N) is 4. The van der Waals surface area contributed by atoms with Gasteiger partial charge in [0.1, 0.15) is 0 Å². The van der Waals surface area contributed by atoms with Crippen LogP contribution < -0.4 is 9.80 Å². The lowest BCUT2D eigenvalue weighted by Gasteiger charge is -2.34. The van der Waals surface area contributed by atoms with Gasteiger partial charge in [0.05, 0.1) is 35.0 Å². The van der Waals surface area contributed by atoms with E-state index in [0.717, 1.165) is 123 Å². The summed E-state index contributed by atoms with van der Waals surface area (Å²) < 4.78 is 0. The molecular weight excluding hydrogens is 957 g/mol. The quantitative estimate of drug-likeness (QED) is 0.128. The molecule has 4 nitrogen and oxygen atoms in total. The third-order valence-corrected chi connectivity index (χ3v) is 15.9. The van der Waals surface area contributed by atoms with E-state index in [0.29, 0.717) is 11.3 Å². The molecule has 79 heavy (non-hydrogen) atoms. The van der Waals surface area contributed by atoms with Gasteiger partial charge in [-0.1, -0.05) is 206 Å². The van der Waals surface area contributed by atoms with Crippen LogP contribution in [-0.2, 0) is 5.41 Å². The molecule has 0 saturated heterocycles. The summed E-state index contributed by atoms with van der Waals surface area (Å²) in [5, 5.41) is 10.7. The molecule has 2 aliphatic rings. The van der Waals surface area contributed by atoms with E-state index in [9.17, 15) is 5.26 Å². The van der Waals surface area contributed by atoms with Crippen molar-refractivity contribution in [1.82, 2.24) is 0 Å². The van der Waals surface area contributed by atoms with Crippen LogP contribution in [0.5, 0.6) is 0 Å². The molecule has 1 spiro atoms. The number of hydrogen-bond donors (Lipinski definition) is 0. The fourth-order valence-corrected chi connectivity index (χ4v) is 12.4. The van der Waals surface area contributed by atoms with Crippen molar-refractivity contribution >= 4 is 39.8 Å². The Balaban J connectivity index is 1.04. The first-order valence-corrected chi connectivity index (χ1v) is 26.7. The summed E-state index contributed by atoms with van der Waals surface area (Å²) in [6.45, 7) is 8.43. The number of para-hydroxylation sites is 2. The molecule has 0 radical (unpaired) electrons. The predicted octanol–water partition coefficient (Wildman–Crippen LogP) is 20.1. The average Bonchev–Trinajstić information content (AvgIpc) is 4.08. The smallest absolute Gasteiger partial charge is 0.187 e. The van der Waals surface area contributed by atoms with Gasteiger partial charge in [-0.2, -0.15) is 5.26 Å². The number of fused-ring (bicyclic) bond motifs is 10. The molecule has 0 saturated carbocycles. The number of hydrogen-bond acceptors (Lipinski definition) is 3. The van der Waals surface area contributed by atoms with Gasteiger partial charge in [-0.3, -0.25) is 0 Å². The van der Waals surface area contributed by atoms with Gasteiger partial charge in [0.15, 0.2) is 5.69 Å². The standard InChI is InChI=1S/C75H48N4/c1-77-58-35-39-64-63-38-32-51(50-76)44-69(63)75(70(64)47-58)71-48-61(78(59-28-16-6-17-29-59)73-42-33-56(52-20-8-2-9-21-52)45-67(73)54-24-12-4-13-25-54)36-40-65(71)66-41-37-62(49-72(66)75)79(60-30-18-7-19-31-60)74-43-34-57(53-22-10-3-11-23-53)46-68(74)55-26-14-5-15-27-55/h2-49H. The maximum atomic E-state index is 10.7. The molecule has 12 aromatic rings. The van der Waals surface area contributed by atoms with Crippen LogP contribution in [0.25, 0.3) is 71.6 Å². The Morgan fingerprint density at radius 3 is 1.09 bits per heavy atom. The lowest BCUT2D eigenvalue weighted by atomic mass is 9.70. The molecule has 2 aliphatic carbocycles. The Bertz CT molecular complexity index is 4090. The topological polar surface area (TPSA) is 34.6 Å². The van der Waals surface area contributed by atoms with Crippen molar-refractivity contribution < 1.29 is 0 Å². The Kier molecular flexibility index (Phi) is 11.5. The average molecular weight is 1010 g/mol. The number of anilines is 6. The van der Waals surface area contributed by atoms with Gasteiger partial charge in [0.2, 0.25) is 0 Å². The Hall–Kier alpha value is -10.8. The molecule has 0 heterocycles. The zero-order valence-corrected chi connectivity index (χ0v) is 43.0. The summed E-state index contributed by atoms with van der Waals surface area (Å²) in [6, 6.07) is 106. The second-order valence-corrected chi connectivity index (χ2v) is 20.2. The molecule has 0 atom stereocenters. The van der Waals surface area contributed by atoms with Crippen molar-refractivity contribution in [3.8, 4) is 72.8 Å². The van der Waals surface area contributed by atoms with Gasteiger partial charge in [0, 0.05) is 33.9 Å². The first-order chi connectivity index (χ1) is 39.1. The van der Waals surface area contributed by atoms with Crippen LogP contribution in [0.1, 0.15) is 27.8 Å². The van der Waals surface area contributed by atoms with Gasteiger partial charge in [-0.25, -0.2) is 4.85 Å². The van der Waals surface area contributed by atoms with Crippen LogP contribution in [-0.4, -0.2) is 0 Å². The monoisotopic (exact) mass is 1000 g/mol. The van der Waals surface area contributed by atoms with E-state index in [4.69, 9.17) is 6.57 Å². The summed E-state index contributed by atoms with van der Waals surface area (Å²) >= 11 is 0. The molecule has 0 fully saturated rings. The van der Waals surface area contributed by atoms with Crippen molar-refractivity contribution in [2.24, 2.45) is 0 Å². The first kappa shape index (κ1) is 46.7. The van der Waals surface area contributed by atoms with E-state index in [-0.39, 0.29) is 0 Å². The summed E-state index contributed by atoms with van der Waals surface area (Å²) in [6.07, 6.45) is 0. The number of nitriles is 1. The second kappa shape index (κ2) is 19.4. The third kappa shape index (κ3) is 7.82. The Labute approximate surface area is 461 Å². The van der Waals surface area contributed by atoms with Crippen LogP contribution in [0, 0.1) is 17.9 Å². The molecule has 368 valence electrons. The van der Waals surface area contributed by atoms with Gasteiger partial charge >= 0.3 is 0 Å². The fraction of sp³-hybridized carbons (Fsp3) is 0.0133. The Morgan fingerprint density at radius 1 is 0.304 bits per heavy atom. The molecule has 4 heteroatoms. The molecule has 0 bridgehead atoms. The van der Waals surface area contributed by atoms with Gasteiger partial charge in [-0.05, 0) is 163 Å². The lowest BCUT2D eigenvalue weighted by Crippen LogP contribution is -2.27. The first-order valence-electron chi connectivity index (χ1n) is 26.7. The molecule has 0 N–H and O–H groups in total. The van der Waals surface area contributed by atoms with Crippen LogP contribution in [0.3, 0.4) is 0 Å². The van der Waals surface area contributed by atoms with E-state index in [1.54, 1.807) is 0 Å². The summed E-state index contributed by atoms with van der Waals surface area (Å²) in [5.74, 6) is 0. The van der Waals surface area contributed by atoms with E-state index in [2.05, 4.69) is 300 Å². The Morgan fingerprint density at radius 2 is 0.671 bits per heavy atom. The van der Waals surface area contributed by atoms with Crippen LogP contribution in [0.2, 0.25) is 0 Å². The zero-order valence-electron chi connectivity index (χ0n) is 43.0. The maximum absolute atomic E-state index is 10.7.